The summed E-state index contributed by atoms with van der Waals surface area (Å²) in [6.07, 6.45) is 4.36. The van der Waals surface area contributed by atoms with Gasteiger partial charge in [0.25, 0.3) is 0 Å². The average Bonchev–Trinajstić information content (AvgIpc) is 2.14. The molecule has 1 aromatic rings. The zero-order valence-electron chi connectivity index (χ0n) is 7.07. The van der Waals surface area contributed by atoms with E-state index >= 15 is 0 Å². The summed E-state index contributed by atoms with van der Waals surface area (Å²) in [5.74, 6) is 0.707. The van der Waals surface area contributed by atoms with Gasteiger partial charge in [-0.25, -0.2) is 0 Å². The van der Waals surface area contributed by atoms with Gasteiger partial charge in [0, 0.05) is 0 Å². The summed E-state index contributed by atoms with van der Waals surface area (Å²) in [4.78, 5) is 9.70. The van der Waals surface area contributed by atoms with Crippen molar-refractivity contribution in [2.45, 2.75) is 13.3 Å². The quantitative estimate of drug-likeness (QED) is 0.387. The number of allylic oxidation sites excluding steroid dienone is 1. The molecule has 1 rings (SSSR count). The molecule has 0 radical (unpaired) electrons. The van der Waals surface area contributed by atoms with Gasteiger partial charge in [0.2, 0.25) is 0 Å². The standard InChI is InChI=1S/C10H12O2/c1-2-3-9-11-12-10-7-5-4-6-8-10/h3-9H,2H2,1H3. The summed E-state index contributed by atoms with van der Waals surface area (Å²) in [5.41, 5.74) is 0. The second-order valence-corrected chi connectivity index (χ2v) is 2.27. The van der Waals surface area contributed by atoms with Crippen LogP contribution in [-0.2, 0) is 4.89 Å². The summed E-state index contributed by atoms with van der Waals surface area (Å²) < 4.78 is 0. The Morgan fingerprint density at radius 1 is 1.25 bits per heavy atom. The van der Waals surface area contributed by atoms with Crippen molar-refractivity contribution in [1.29, 1.82) is 0 Å². The second kappa shape index (κ2) is 5.24. The van der Waals surface area contributed by atoms with E-state index in [1.807, 2.05) is 43.3 Å². The molecule has 0 spiro atoms. The van der Waals surface area contributed by atoms with Crippen LogP contribution in [0.25, 0.3) is 0 Å². The molecule has 0 unspecified atom stereocenters. The van der Waals surface area contributed by atoms with Crippen LogP contribution in [0.15, 0.2) is 42.7 Å². The topological polar surface area (TPSA) is 18.5 Å². The molecule has 0 heterocycles. The summed E-state index contributed by atoms with van der Waals surface area (Å²) in [7, 11) is 0. The Kier molecular flexibility index (Phi) is 3.78. The fourth-order valence-electron chi connectivity index (χ4n) is 0.695. The SMILES string of the molecule is CCC=COOc1ccccc1. The molecule has 2 nitrogen and oxygen atoms in total. The third-order valence-electron chi connectivity index (χ3n) is 1.28. The van der Waals surface area contributed by atoms with Crippen molar-refractivity contribution < 1.29 is 9.78 Å². The molecule has 0 saturated heterocycles. The third kappa shape index (κ3) is 3.10. The fourth-order valence-corrected chi connectivity index (χ4v) is 0.695. The molecule has 0 aromatic heterocycles. The van der Waals surface area contributed by atoms with E-state index in [-0.39, 0.29) is 0 Å². The summed E-state index contributed by atoms with van der Waals surface area (Å²) in [6.45, 7) is 2.03. The highest BCUT2D eigenvalue weighted by Gasteiger charge is 1.87. The Hall–Kier alpha value is -1.44. The summed E-state index contributed by atoms with van der Waals surface area (Å²) in [6, 6.07) is 9.37. The Labute approximate surface area is 72.4 Å². The molecule has 0 saturated carbocycles. The minimum atomic E-state index is 0.707. The van der Waals surface area contributed by atoms with Crippen molar-refractivity contribution in [3.63, 3.8) is 0 Å². The highest BCUT2D eigenvalue weighted by Crippen LogP contribution is 2.08. The maximum Gasteiger partial charge on any atom is 0.178 e. The molecule has 0 N–H and O–H groups in total. The number of rotatable bonds is 4. The maximum atomic E-state index is 4.92. The molecule has 0 aliphatic rings. The van der Waals surface area contributed by atoms with Crippen LogP contribution in [0.4, 0.5) is 0 Å². The van der Waals surface area contributed by atoms with Crippen LogP contribution in [0.3, 0.4) is 0 Å². The van der Waals surface area contributed by atoms with Gasteiger partial charge in [-0.2, -0.15) is 0 Å². The summed E-state index contributed by atoms with van der Waals surface area (Å²) in [5, 5.41) is 0. The number of para-hydroxylation sites is 1. The van der Waals surface area contributed by atoms with Crippen LogP contribution in [0.5, 0.6) is 5.75 Å². The minimum absolute atomic E-state index is 0.707. The second-order valence-electron chi connectivity index (χ2n) is 2.27. The first kappa shape index (κ1) is 8.65. The lowest BCUT2D eigenvalue weighted by Gasteiger charge is -1.99. The van der Waals surface area contributed by atoms with Crippen molar-refractivity contribution in [2.24, 2.45) is 0 Å². The van der Waals surface area contributed by atoms with E-state index in [1.165, 1.54) is 6.26 Å². The monoisotopic (exact) mass is 164 g/mol. The zero-order chi connectivity index (χ0) is 8.65. The lowest BCUT2D eigenvalue weighted by atomic mass is 10.3. The van der Waals surface area contributed by atoms with Gasteiger partial charge in [0.15, 0.2) is 5.75 Å². The fraction of sp³-hybridized carbons (Fsp3) is 0.200. The Balaban J connectivity index is 2.29. The summed E-state index contributed by atoms with van der Waals surface area (Å²) >= 11 is 0. The third-order valence-corrected chi connectivity index (χ3v) is 1.28. The van der Waals surface area contributed by atoms with Crippen molar-refractivity contribution in [1.82, 2.24) is 0 Å². The van der Waals surface area contributed by atoms with Crippen LogP contribution in [-0.4, -0.2) is 0 Å². The molecule has 0 aliphatic carbocycles. The molecular formula is C10H12O2. The molecule has 0 amide bonds. The Morgan fingerprint density at radius 3 is 2.67 bits per heavy atom. The van der Waals surface area contributed by atoms with E-state index in [2.05, 4.69) is 0 Å². The van der Waals surface area contributed by atoms with Gasteiger partial charge >= 0.3 is 0 Å². The molecule has 0 aliphatic heterocycles. The molecule has 0 bridgehead atoms. The minimum Gasteiger partial charge on any atom is -0.298 e. The first-order valence-corrected chi connectivity index (χ1v) is 3.97. The van der Waals surface area contributed by atoms with Crippen molar-refractivity contribution in [3.05, 3.63) is 42.7 Å². The smallest absolute Gasteiger partial charge is 0.178 e. The predicted molar refractivity (Wildman–Crippen MR) is 47.6 cm³/mol. The van der Waals surface area contributed by atoms with Gasteiger partial charge < -0.3 is 0 Å². The highest BCUT2D eigenvalue weighted by atomic mass is 17.2. The van der Waals surface area contributed by atoms with Gasteiger partial charge in [0.1, 0.15) is 6.26 Å². The average molecular weight is 164 g/mol. The molecule has 0 atom stereocenters. The lowest BCUT2D eigenvalue weighted by molar-refractivity contribution is -0.149. The largest absolute Gasteiger partial charge is 0.298 e. The first-order chi connectivity index (χ1) is 5.93. The van der Waals surface area contributed by atoms with Gasteiger partial charge in [0.05, 0.1) is 0 Å². The zero-order valence-corrected chi connectivity index (χ0v) is 7.07. The number of benzene rings is 1. The van der Waals surface area contributed by atoms with E-state index in [0.29, 0.717) is 5.75 Å². The van der Waals surface area contributed by atoms with E-state index in [4.69, 9.17) is 9.78 Å². The number of hydrogen-bond acceptors (Lipinski definition) is 2. The van der Waals surface area contributed by atoms with Crippen LogP contribution in [0.2, 0.25) is 0 Å². The van der Waals surface area contributed by atoms with Gasteiger partial charge in [-0.1, -0.05) is 25.1 Å². The maximum absolute atomic E-state index is 4.92. The Bertz CT molecular complexity index is 229. The van der Waals surface area contributed by atoms with Crippen molar-refractivity contribution in [3.8, 4) is 5.75 Å². The van der Waals surface area contributed by atoms with E-state index in [9.17, 15) is 0 Å². The van der Waals surface area contributed by atoms with Crippen molar-refractivity contribution in [2.75, 3.05) is 0 Å². The number of hydrogen-bond donors (Lipinski definition) is 0. The van der Waals surface area contributed by atoms with Crippen molar-refractivity contribution >= 4 is 0 Å². The van der Waals surface area contributed by atoms with E-state index in [0.717, 1.165) is 6.42 Å². The normalized spacial score (nSPS) is 10.1. The van der Waals surface area contributed by atoms with E-state index in [1.54, 1.807) is 0 Å². The molecule has 12 heavy (non-hydrogen) atoms. The highest BCUT2D eigenvalue weighted by molar-refractivity contribution is 5.20. The molecule has 0 fully saturated rings. The van der Waals surface area contributed by atoms with Crippen LogP contribution >= 0.6 is 0 Å². The lowest BCUT2D eigenvalue weighted by Crippen LogP contribution is -1.88. The van der Waals surface area contributed by atoms with Gasteiger partial charge in [-0.05, 0) is 24.6 Å². The Morgan fingerprint density at radius 2 is 2.00 bits per heavy atom. The van der Waals surface area contributed by atoms with Crippen LogP contribution < -0.4 is 4.89 Å². The first-order valence-electron chi connectivity index (χ1n) is 3.97. The van der Waals surface area contributed by atoms with Gasteiger partial charge in [-0.3, -0.25) is 9.78 Å². The van der Waals surface area contributed by atoms with Crippen LogP contribution in [0.1, 0.15) is 13.3 Å². The molecule has 1 aromatic carbocycles. The molecule has 64 valence electrons. The van der Waals surface area contributed by atoms with Crippen LogP contribution in [0, 0.1) is 0 Å². The predicted octanol–water partition coefficient (Wildman–Crippen LogP) is 2.92. The van der Waals surface area contributed by atoms with E-state index < -0.39 is 0 Å². The molecular weight excluding hydrogens is 152 g/mol. The molecule has 2 heteroatoms. The van der Waals surface area contributed by atoms with Gasteiger partial charge in [-0.15, -0.1) is 0 Å².